The van der Waals surface area contributed by atoms with Crippen LogP contribution in [0.25, 0.3) is 11.1 Å². The molecular weight excluding hydrogens is 238 g/mol. The van der Waals surface area contributed by atoms with Crippen molar-refractivity contribution in [3.63, 3.8) is 0 Å². The second kappa shape index (κ2) is 4.19. The van der Waals surface area contributed by atoms with E-state index >= 15 is 0 Å². The van der Waals surface area contributed by atoms with Gasteiger partial charge in [-0.15, -0.1) is 0 Å². The van der Waals surface area contributed by atoms with Crippen LogP contribution in [-0.2, 0) is 10.2 Å². The molecule has 0 atom stereocenters. The summed E-state index contributed by atoms with van der Waals surface area (Å²) in [6.07, 6.45) is 3.19. The highest BCUT2D eigenvalue weighted by molar-refractivity contribution is 5.83. The summed E-state index contributed by atoms with van der Waals surface area (Å²) in [5.41, 5.74) is 4.28. The summed E-state index contributed by atoms with van der Waals surface area (Å²) < 4.78 is 5.72. The number of hydrogen-bond donors (Lipinski definition) is 0. The summed E-state index contributed by atoms with van der Waals surface area (Å²) >= 11 is 0. The van der Waals surface area contributed by atoms with Crippen LogP contribution in [0.2, 0.25) is 0 Å². The molecule has 2 aromatic rings. The standard InChI is InChI=1S/C16H19NO2/c1-10-4-5-13(14-15(10)19-11(2)17-14)16(3)8-6-12(18)7-9-16/h4-5H,6-9H2,1-3H3. The number of aryl methyl sites for hydroxylation is 2. The maximum absolute atomic E-state index is 11.5. The van der Waals surface area contributed by atoms with E-state index in [4.69, 9.17) is 4.42 Å². The third-order valence-corrected chi connectivity index (χ3v) is 4.41. The fourth-order valence-corrected chi connectivity index (χ4v) is 3.08. The van der Waals surface area contributed by atoms with E-state index in [0.29, 0.717) is 24.5 Å². The zero-order chi connectivity index (χ0) is 13.6. The van der Waals surface area contributed by atoms with Crippen LogP contribution in [0, 0.1) is 13.8 Å². The van der Waals surface area contributed by atoms with Crippen LogP contribution < -0.4 is 0 Å². The molecule has 1 aromatic carbocycles. The van der Waals surface area contributed by atoms with Crippen LogP contribution in [0.5, 0.6) is 0 Å². The van der Waals surface area contributed by atoms with E-state index in [1.807, 2.05) is 13.8 Å². The molecule has 3 nitrogen and oxygen atoms in total. The Bertz CT molecular complexity index is 644. The molecule has 0 unspecified atom stereocenters. The molecule has 0 aliphatic heterocycles. The molecule has 3 rings (SSSR count). The molecule has 1 heterocycles. The van der Waals surface area contributed by atoms with Crippen LogP contribution in [0.4, 0.5) is 0 Å². The zero-order valence-electron chi connectivity index (χ0n) is 11.7. The molecule has 1 aromatic heterocycles. The third-order valence-electron chi connectivity index (χ3n) is 4.41. The van der Waals surface area contributed by atoms with E-state index in [1.165, 1.54) is 5.56 Å². The number of carbonyl (C=O) groups excluding carboxylic acids is 1. The van der Waals surface area contributed by atoms with Crippen molar-refractivity contribution in [3.05, 3.63) is 29.2 Å². The van der Waals surface area contributed by atoms with Crippen molar-refractivity contribution in [2.45, 2.75) is 51.9 Å². The van der Waals surface area contributed by atoms with Crippen molar-refractivity contribution in [2.75, 3.05) is 0 Å². The second-order valence-electron chi connectivity index (χ2n) is 5.94. The Morgan fingerprint density at radius 3 is 2.58 bits per heavy atom. The molecule has 100 valence electrons. The molecule has 3 heteroatoms. The van der Waals surface area contributed by atoms with Gasteiger partial charge >= 0.3 is 0 Å². The molecule has 0 N–H and O–H groups in total. The minimum absolute atomic E-state index is 0.0448. The molecule has 19 heavy (non-hydrogen) atoms. The van der Waals surface area contributed by atoms with Gasteiger partial charge < -0.3 is 4.42 Å². The predicted octanol–water partition coefficient (Wildman–Crippen LogP) is 3.85. The number of nitrogens with zero attached hydrogens (tertiary/aromatic N) is 1. The Balaban J connectivity index is 2.15. The topological polar surface area (TPSA) is 43.1 Å². The first-order valence-electron chi connectivity index (χ1n) is 6.88. The molecule has 1 fully saturated rings. The lowest BCUT2D eigenvalue weighted by molar-refractivity contribution is -0.121. The first-order chi connectivity index (χ1) is 8.99. The van der Waals surface area contributed by atoms with Gasteiger partial charge in [-0.25, -0.2) is 4.98 Å². The highest BCUT2D eigenvalue weighted by Crippen LogP contribution is 2.41. The summed E-state index contributed by atoms with van der Waals surface area (Å²) in [5.74, 6) is 1.10. The van der Waals surface area contributed by atoms with Crippen LogP contribution >= 0.6 is 0 Å². The SMILES string of the molecule is Cc1nc2c(C3(C)CCC(=O)CC3)ccc(C)c2o1. The number of carbonyl (C=O) groups is 1. The summed E-state index contributed by atoms with van der Waals surface area (Å²) in [5, 5.41) is 0. The third kappa shape index (κ3) is 1.97. The van der Waals surface area contributed by atoms with Gasteiger partial charge in [0, 0.05) is 19.8 Å². The van der Waals surface area contributed by atoms with E-state index in [2.05, 4.69) is 24.0 Å². The van der Waals surface area contributed by atoms with Crippen molar-refractivity contribution in [3.8, 4) is 0 Å². The molecule has 1 aliphatic rings. The van der Waals surface area contributed by atoms with Crippen LogP contribution in [-0.4, -0.2) is 10.8 Å². The first kappa shape index (κ1) is 12.4. The smallest absolute Gasteiger partial charge is 0.192 e. The average molecular weight is 257 g/mol. The van der Waals surface area contributed by atoms with E-state index in [0.717, 1.165) is 29.5 Å². The fourth-order valence-electron chi connectivity index (χ4n) is 3.08. The predicted molar refractivity (Wildman–Crippen MR) is 74.3 cm³/mol. The molecular formula is C16H19NO2. The van der Waals surface area contributed by atoms with Crippen molar-refractivity contribution in [1.82, 2.24) is 4.98 Å². The number of oxazole rings is 1. The normalized spacial score (nSPS) is 19.0. The van der Waals surface area contributed by atoms with E-state index in [1.54, 1.807) is 0 Å². The number of rotatable bonds is 1. The van der Waals surface area contributed by atoms with Gasteiger partial charge in [0.05, 0.1) is 0 Å². The summed E-state index contributed by atoms with van der Waals surface area (Å²) in [6, 6.07) is 4.26. The minimum Gasteiger partial charge on any atom is -0.441 e. The number of aromatic nitrogens is 1. The molecule has 0 spiro atoms. The molecule has 0 saturated heterocycles. The van der Waals surface area contributed by atoms with Crippen LogP contribution in [0.1, 0.15) is 49.6 Å². The molecule has 0 radical (unpaired) electrons. The largest absolute Gasteiger partial charge is 0.441 e. The Hall–Kier alpha value is -1.64. The lowest BCUT2D eigenvalue weighted by Crippen LogP contribution is -2.29. The molecule has 0 amide bonds. The van der Waals surface area contributed by atoms with Crippen molar-refractivity contribution >= 4 is 16.9 Å². The minimum atomic E-state index is 0.0448. The highest BCUT2D eigenvalue weighted by Gasteiger charge is 2.34. The lowest BCUT2D eigenvalue weighted by atomic mass is 9.70. The summed E-state index contributed by atoms with van der Waals surface area (Å²) in [4.78, 5) is 16.0. The summed E-state index contributed by atoms with van der Waals surface area (Å²) in [6.45, 7) is 6.17. The van der Waals surface area contributed by atoms with Crippen molar-refractivity contribution in [2.24, 2.45) is 0 Å². The van der Waals surface area contributed by atoms with Gasteiger partial charge in [0.2, 0.25) is 0 Å². The van der Waals surface area contributed by atoms with Gasteiger partial charge in [0.15, 0.2) is 11.5 Å². The number of fused-ring (bicyclic) bond motifs is 1. The molecule has 1 aliphatic carbocycles. The fraction of sp³-hybridized carbons (Fsp3) is 0.500. The van der Waals surface area contributed by atoms with Gasteiger partial charge in [-0.1, -0.05) is 19.1 Å². The first-order valence-corrected chi connectivity index (χ1v) is 6.88. The van der Waals surface area contributed by atoms with Gasteiger partial charge in [-0.3, -0.25) is 4.79 Å². The maximum Gasteiger partial charge on any atom is 0.192 e. The lowest BCUT2D eigenvalue weighted by Gasteiger charge is -2.33. The van der Waals surface area contributed by atoms with Gasteiger partial charge in [0.1, 0.15) is 11.3 Å². The average Bonchev–Trinajstić information content (AvgIpc) is 2.76. The van der Waals surface area contributed by atoms with Gasteiger partial charge in [-0.05, 0) is 36.3 Å². The monoisotopic (exact) mass is 257 g/mol. The van der Waals surface area contributed by atoms with Crippen LogP contribution in [0.15, 0.2) is 16.5 Å². The number of hydrogen-bond acceptors (Lipinski definition) is 3. The Morgan fingerprint density at radius 1 is 1.21 bits per heavy atom. The van der Waals surface area contributed by atoms with Gasteiger partial charge in [-0.2, -0.15) is 0 Å². The zero-order valence-corrected chi connectivity index (χ0v) is 11.7. The molecule has 0 bridgehead atoms. The van der Waals surface area contributed by atoms with Crippen molar-refractivity contribution in [1.29, 1.82) is 0 Å². The van der Waals surface area contributed by atoms with E-state index < -0.39 is 0 Å². The van der Waals surface area contributed by atoms with Gasteiger partial charge in [0.25, 0.3) is 0 Å². The van der Waals surface area contributed by atoms with Crippen molar-refractivity contribution < 1.29 is 9.21 Å². The Morgan fingerprint density at radius 2 is 1.89 bits per heavy atom. The van der Waals surface area contributed by atoms with E-state index in [-0.39, 0.29) is 5.41 Å². The Kier molecular flexibility index (Phi) is 2.73. The molecule has 1 saturated carbocycles. The Labute approximate surface area is 113 Å². The number of benzene rings is 1. The second-order valence-corrected chi connectivity index (χ2v) is 5.94. The van der Waals surface area contributed by atoms with Crippen LogP contribution in [0.3, 0.4) is 0 Å². The number of Topliss-reactive ketones (excluding diaryl/α,β-unsaturated/α-hetero) is 1. The quantitative estimate of drug-likeness (QED) is 0.779. The van der Waals surface area contributed by atoms with E-state index in [9.17, 15) is 4.79 Å². The summed E-state index contributed by atoms with van der Waals surface area (Å²) in [7, 11) is 0. The maximum atomic E-state index is 11.5. The highest BCUT2D eigenvalue weighted by atomic mass is 16.3. The number of ketones is 1.